The molecule has 0 aliphatic carbocycles. The van der Waals surface area contributed by atoms with Crippen LogP contribution < -0.4 is 14.4 Å². The molecule has 0 bridgehead atoms. The fourth-order valence-electron chi connectivity index (χ4n) is 5.28. The number of anilines is 1. The number of likely N-dealkylation sites (tertiary alicyclic amines) is 1. The predicted octanol–water partition coefficient (Wildman–Crippen LogP) is 5.04. The summed E-state index contributed by atoms with van der Waals surface area (Å²) >= 11 is 0. The number of methoxy groups -OCH3 is 2. The Balaban J connectivity index is 1.40. The van der Waals surface area contributed by atoms with E-state index in [2.05, 4.69) is 11.0 Å². The van der Waals surface area contributed by atoms with Crippen LogP contribution in [0.15, 0.2) is 66.7 Å². The third kappa shape index (κ3) is 4.14. The zero-order chi connectivity index (χ0) is 23.7. The minimum absolute atomic E-state index is 0.0177. The molecule has 0 aromatic heterocycles. The Bertz CT molecular complexity index is 1190. The highest BCUT2D eigenvalue weighted by Gasteiger charge is 2.46. The van der Waals surface area contributed by atoms with Crippen LogP contribution in [0.3, 0.4) is 0 Å². The number of ether oxygens (including phenoxy) is 2. The van der Waals surface area contributed by atoms with Crippen LogP contribution in [0.4, 0.5) is 10.1 Å². The largest absolute Gasteiger partial charge is 0.497 e. The van der Waals surface area contributed by atoms with E-state index in [1.165, 1.54) is 17.7 Å². The summed E-state index contributed by atoms with van der Waals surface area (Å²) < 4.78 is 24.1. The Morgan fingerprint density at radius 1 is 0.941 bits per heavy atom. The van der Waals surface area contributed by atoms with Gasteiger partial charge in [0.25, 0.3) is 5.91 Å². The molecule has 34 heavy (non-hydrogen) atoms. The van der Waals surface area contributed by atoms with Crippen molar-refractivity contribution in [3.8, 4) is 11.5 Å². The van der Waals surface area contributed by atoms with Gasteiger partial charge in [0.2, 0.25) is 0 Å². The first-order valence-corrected chi connectivity index (χ1v) is 11.6. The molecule has 5 nitrogen and oxygen atoms in total. The number of benzene rings is 3. The summed E-state index contributed by atoms with van der Waals surface area (Å²) in [6.45, 7) is 3.27. The zero-order valence-corrected chi connectivity index (χ0v) is 19.6. The van der Waals surface area contributed by atoms with E-state index >= 15 is 0 Å². The van der Waals surface area contributed by atoms with Crippen molar-refractivity contribution in [2.45, 2.75) is 24.8 Å². The fraction of sp³-hybridized carbons (Fsp3) is 0.321. The molecule has 1 fully saturated rings. The molecule has 5 rings (SSSR count). The summed E-state index contributed by atoms with van der Waals surface area (Å²) in [5.41, 5.74) is 3.76. The number of carbonyl (C=O) groups is 1. The topological polar surface area (TPSA) is 42.0 Å². The molecule has 176 valence electrons. The van der Waals surface area contributed by atoms with E-state index in [-0.39, 0.29) is 17.1 Å². The van der Waals surface area contributed by atoms with Crippen molar-refractivity contribution in [1.82, 2.24) is 4.90 Å². The van der Waals surface area contributed by atoms with Crippen LogP contribution in [-0.4, -0.2) is 44.7 Å². The van der Waals surface area contributed by atoms with Crippen LogP contribution in [0.5, 0.6) is 11.5 Å². The quantitative estimate of drug-likeness (QED) is 0.535. The molecule has 2 heterocycles. The lowest BCUT2D eigenvalue weighted by atomic mass is 9.74. The van der Waals surface area contributed by atoms with Crippen LogP contribution in [-0.2, 0) is 12.0 Å². The normalized spacial score (nSPS) is 17.0. The average molecular weight is 461 g/mol. The standard InChI is InChI=1S/C28H29FN2O3/c1-33-23-5-3-4-21(16-23)27(32)31-19-28(25-17-24(34-2)10-11-26(25)31)12-14-30(15-13-28)18-20-6-8-22(29)9-7-20/h3-11,16-17H,12-15,18-19H2,1-2H3. The first kappa shape index (κ1) is 22.4. The monoisotopic (exact) mass is 460 g/mol. The molecule has 0 atom stereocenters. The molecule has 0 saturated carbocycles. The van der Waals surface area contributed by atoms with Crippen molar-refractivity contribution in [2.24, 2.45) is 0 Å². The van der Waals surface area contributed by atoms with Gasteiger partial charge in [0.15, 0.2) is 0 Å². The van der Waals surface area contributed by atoms with Crippen molar-refractivity contribution >= 4 is 11.6 Å². The van der Waals surface area contributed by atoms with Gasteiger partial charge in [-0.2, -0.15) is 0 Å². The number of amides is 1. The Morgan fingerprint density at radius 2 is 1.65 bits per heavy atom. The molecule has 3 aromatic rings. The minimum Gasteiger partial charge on any atom is -0.497 e. The molecule has 0 N–H and O–H groups in total. The van der Waals surface area contributed by atoms with Gasteiger partial charge in [-0.3, -0.25) is 9.69 Å². The van der Waals surface area contributed by atoms with E-state index in [1.54, 1.807) is 20.3 Å². The SMILES string of the molecule is COc1cccc(C(=O)N2CC3(CCN(Cc4ccc(F)cc4)CC3)c3cc(OC)ccc32)c1. The number of fused-ring (bicyclic) bond motifs is 2. The maximum absolute atomic E-state index is 13.6. The van der Waals surface area contributed by atoms with Gasteiger partial charge in [0, 0.05) is 29.8 Å². The van der Waals surface area contributed by atoms with Crippen molar-refractivity contribution < 1.29 is 18.7 Å². The Morgan fingerprint density at radius 3 is 2.35 bits per heavy atom. The summed E-state index contributed by atoms with van der Waals surface area (Å²) in [4.78, 5) is 17.9. The second-order valence-corrected chi connectivity index (χ2v) is 9.19. The summed E-state index contributed by atoms with van der Waals surface area (Å²) in [5, 5.41) is 0. The second-order valence-electron chi connectivity index (χ2n) is 9.19. The number of nitrogens with zero attached hydrogens (tertiary/aromatic N) is 2. The van der Waals surface area contributed by atoms with E-state index in [9.17, 15) is 9.18 Å². The van der Waals surface area contributed by atoms with Gasteiger partial charge in [0.1, 0.15) is 17.3 Å². The van der Waals surface area contributed by atoms with Crippen LogP contribution in [0.25, 0.3) is 0 Å². The molecule has 2 aliphatic heterocycles. The van der Waals surface area contributed by atoms with E-state index < -0.39 is 0 Å². The number of halogens is 1. The smallest absolute Gasteiger partial charge is 0.258 e. The zero-order valence-electron chi connectivity index (χ0n) is 19.6. The highest BCUT2D eigenvalue weighted by Crippen LogP contribution is 2.48. The summed E-state index contributed by atoms with van der Waals surface area (Å²) in [6, 6.07) is 20.1. The highest BCUT2D eigenvalue weighted by molar-refractivity contribution is 6.08. The van der Waals surface area contributed by atoms with Crippen molar-refractivity contribution in [2.75, 3.05) is 38.8 Å². The molecular weight excluding hydrogens is 431 g/mol. The minimum atomic E-state index is -0.210. The fourth-order valence-corrected chi connectivity index (χ4v) is 5.28. The lowest BCUT2D eigenvalue weighted by Crippen LogP contribution is -2.45. The highest BCUT2D eigenvalue weighted by atomic mass is 19.1. The van der Waals surface area contributed by atoms with Gasteiger partial charge in [-0.25, -0.2) is 4.39 Å². The van der Waals surface area contributed by atoms with Crippen LogP contribution in [0, 0.1) is 5.82 Å². The summed E-state index contributed by atoms with van der Waals surface area (Å²) in [7, 11) is 3.28. The maximum atomic E-state index is 13.6. The molecule has 6 heteroatoms. The van der Waals surface area contributed by atoms with E-state index in [1.807, 2.05) is 47.4 Å². The Kier molecular flexibility index (Phi) is 6.00. The van der Waals surface area contributed by atoms with Crippen molar-refractivity contribution in [3.05, 3.63) is 89.2 Å². The third-order valence-electron chi connectivity index (χ3n) is 7.22. The van der Waals surface area contributed by atoms with Crippen molar-refractivity contribution in [1.29, 1.82) is 0 Å². The van der Waals surface area contributed by atoms with Crippen LogP contribution in [0.1, 0.15) is 34.3 Å². The van der Waals surface area contributed by atoms with Gasteiger partial charge in [0.05, 0.1) is 14.2 Å². The van der Waals surface area contributed by atoms with Gasteiger partial charge < -0.3 is 14.4 Å². The number of piperidine rings is 1. The summed E-state index contributed by atoms with van der Waals surface area (Å²) in [6.07, 6.45) is 1.88. The first-order valence-electron chi connectivity index (χ1n) is 11.6. The number of rotatable bonds is 5. The van der Waals surface area contributed by atoms with E-state index in [0.29, 0.717) is 17.9 Å². The molecule has 0 unspecified atom stereocenters. The van der Waals surface area contributed by atoms with E-state index in [0.717, 1.165) is 49.5 Å². The van der Waals surface area contributed by atoms with Gasteiger partial charge in [-0.15, -0.1) is 0 Å². The number of hydrogen-bond acceptors (Lipinski definition) is 4. The molecule has 1 amide bonds. The molecule has 1 spiro atoms. The third-order valence-corrected chi connectivity index (χ3v) is 7.22. The van der Waals surface area contributed by atoms with Gasteiger partial charge in [-0.05, 0) is 85.6 Å². The molecule has 2 aliphatic rings. The van der Waals surface area contributed by atoms with Crippen LogP contribution >= 0.6 is 0 Å². The first-order chi connectivity index (χ1) is 16.5. The lowest BCUT2D eigenvalue weighted by Gasteiger charge is -2.40. The van der Waals surface area contributed by atoms with Crippen LogP contribution in [0.2, 0.25) is 0 Å². The van der Waals surface area contributed by atoms with Crippen molar-refractivity contribution in [3.63, 3.8) is 0 Å². The maximum Gasteiger partial charge on any atom is 0.258 e. The molecule has 1 saturated heterocycles. The Hall–Kier alpha value is -3.38. The van der Waals surface area contributed by atoms with Gasteiger partial charge in [-0.1, -0.05) is 18.2 Å². The van der Waals surface area contributed by atoms with Gasteiger partial charge >= 0.3 is 0 Å². The Labute approximate surface area is 199 Å². The average Bonchev–Trinajstić information content (AvgIpc) is 3.19. The van der Waals surface area contributed by atoms with E-state index in [4.69, 9.17) is 9.47 Å². The lowest BCUT2D eigenvalue weighted by molar-refractivity contribution is 0.0975. The molecular formula is C28H29FN2O3. The number of carbonyl (C=O) groups excluding carboxylic acids is 1. The second kappa shape index (κ2) is 9.11. The summed E-state index contributed by atoms with van der Waals surface area (Å²) in [5.74, 6) is 1.25. The molecule has 3 aromatic carbocycles. The molecule has 0 radical (unpaired) electrons. The predicted molar refractivity (Wildman–Crippen MR) is 130 cm³/mol. The number of hydrogen-bond donors (Lipinski definition) is 0.